The second-order valence-electron chi connectivity index (χ2n) is 15.3. The lowest BCUT2D eigenvalue weighted by Crippen LogP contribution is -2.49. The number of likely N-dealkylation sites (tertiary alicyclic amines) is 1. The van der Waals surface area contributed by atoms with Crippen LogP contribution in [0.3, 0.4) is 0 Å². The van der Waals surface area contributed by atoms with E-state index in [9.17, 15) is 4.79 Å². The quantitative estimate of drug-likeness (QED) is 0.0801. The van der Waals surface area contributed by atoms with Gasteiger partial charge in [0.15, 0.2) is 11.5 Å². The summed E-state index contributed by atoms with van der Waals surface area (Å²) in [5.41, 5.74) is 4.29. The normalized spacial score (nSPS) is 15.4. The average Bonchev–Trinajstić information content (AvgIpc) is 3.23. The van der Waals surface area contributed by atoms with Crippen LogP contribution in [0, 0.1) is 12.8 Å². The zero-order chi connectivity index (χ0) is 39.2. The first-order valence-corrected chi connectivity index (χ1v) is 20.5. The first kappa shape index (κ1) is 39.8. The fraction of sp³-hybridized carbons (Fsp3) is 0.422. The topological polar surface area (TPSA) is 120 Å². The standard InChI is InChI=1S/C45H57N9O3/c1-34-11-9-13-37(27-34)50-45(55)51-38-14-10-12-36(28-38)31-47-44-39-29-42(41(56-2)30-40(39)48-33-49-44)57-26-8-4-3-7-19-52-20-16-35(17-21-52)32-53-22-24-54(25-23-53)43-15-5-6-18-46-43/h5-6,9-15,18,27-30,33,35H,3-4,7-8,16-17,19-26,31-32H2,1-2H3,(H,47,48,49)(H2,50,51,55). The second-order valence-corrected chi connectivity index (χ2v) is 15.3. The molecule has 3 aromatic carbocycles. The van der Waals surface area contributed by atoms with Crippen LogP contribution >= 0.6 is 0 Å². The van der Waals surface area contributed by atoms with Crippen molar-refractivity contribution in [3.63, 3.8) is 0 Å². The molecule has 2 aliphatic heterocycles. The molecule has 0 unspecified atom stereocenters. The van der Waals surface area contributed by atoms with Crippen molar-refractivity contribution in [3.05, 3.63) is 103 Å². The molecule has 2 fully saturated rings. The molecule has 4 heterocycles. The van der Waals surface area contributed by atoms with Crippen LogP contribution < -0.4 is 30.3 Å². The number of hydrogen-bond acceptors (Lipinski definition) is 10. The van der Waals surface area contributed by atoms with E-state index in [2.05, 4.69) is 57.7 Å². The van der Waals surface area contributed by atoms with E-state index in [1.165, 1.54) is 51.9 Å². The zero-order valence-corrected chi connectivity index (χ0v) is 33.5. The van der Waals surface area contributed by atoms with E-state index in [-0.39, 0.29) is 6.03 Å². The van der Waals surface area contributed by atoms with Gasteiger partial charge in [0.1, 0.15) is 18.0 Å². The Balaban J connectivity index is 0.806. The SMILES string of the molecule is COc1cc2ncnc(NCc3cccc(NC(=O)Nc4cccc(C)c4)c3)c2cc1OCCCCCCN1CCC(CN2CCN(c3ccccn3)CC2)CC1. The summed E-state index contributed by atoms with van der Waals surface area (Å²) in [5.74, 6) is 3.97. The highest BCUT2D eigenvalue weighted by Gasteiger charge is 2.24. The Kier molecular flexibility index (Phi) is 14.0. The molecule has 5 aromatic rings. The van der Waals surface area contributed by atoms with Crippen LogP contribution in [0.1, 0.15) is 49.7 Å². The fourth-order valence-corrected chi connectivity index (χ4v) is 7.87. The maximum absolute atomic E-state index is 12.6. The maximum atomic E-state index is 12.6. The van der Waals surface area contributed by atoms with Gasteiger partial charge >= 0.3 is 6.03 Å². The van der Waals surface area contributed by atoms with Crippen molar-refractivity contribution >= 4 is 39.9 Å². The lowest BCUT2D eigenvalue weighted by molar-refractivity contribution is 0.138. The molecule has 300 valence electrons. The molecule has 0 spiro atoms. The summed E-state index contributed by atoms with van der Waals surface area (Å²) < 4.78 is 12.0. The number of ether oxygens (including phenoxy) is 2. The van der Waals surface area contributed by atoms with Crippen LogP contribution in [0.15, 0.2) is 91.4 Å². The molecule has 7 rings (SSSR count). The van der Waals surface area contributed by atoms with Gasteiger partial charge < -0.3 is 35.2 Å². The van der Waals surface area contributed by atoms with Crippen LogP contribution in [-0.4, -0.2) is 96.9 Å². The minimum Gasteiger partial charge on any atom is -0.493 e. The Labute approximate surface area is 337 Å². The summed E-state index contributed by atoms with van der Waals surface area (Å²) in [6, 6.07) is 25.2. The van der Waals surface area contributed by atoms with Gasteiger partial charge in [-0.1, -0.05) is 43.2 Å². The van der Waals surface area contributed by atoms with Crippen LogP contribution in [-0.2, 0) is 6.54 Å². The number of benzene rings is 3. The van der Waals surface area contributed by atoms with E-state index >= 15 is 0 Å². The van der Waals surface area contributed by atoms with E-state index in [4.69, 9.17) is 9.47 Å². The number of fused-ring (bicyclic) bond motifs is 1. The summed E-state index contributed by atoms with van der Waals surface area (Å²) >= 11 is 0. The first-order valence-electron chi connectivity index (χ1n) is 20.5. The van der Waals surface area contributed by atoms with Crippen molar-refractivity contribution in [1.82, 2.24) is 24.8 Å². The van der Waals surface area contributed by atoms with Crippen LogP contribution in [0.5, 0.6) is 11.5 Å². The molecule has 12 heteroatoms. The second kappa shape index (κ2) is 20.1. The number of hydrogen-bond donors (Lipinski definition) is 3. The summed E-state index contributed by atoms with van der Waals surface area (Å²) in [4.78, 5) is 33.9. The molecule has 0 radical (unpaired) electrons. The number of unbranched alkanes of at least 4 members (excludes halogenated alkanes) is 3. The van der Waals surface area contributed by atoms with Gasteiger partial charge in [-0.2, -0.15) is 0 Å². The minimum absolute atomic E-state index is 0.293. The number of urea groups is 1. The third kappa shape index (κ3) is 11.5. The minimum atomic E-state index is -0.293. The molecular weight excluding hydrogens is 715 g/mol. The van der Waals surface area contributed by atoms with E-state index < -0.39 is 0 Å². The van der Waals surface area contributed by atoms with Crippen LogP contribution in [0.2, 0.25) is 0 Å². The molecule has 12 nitrogen and oxygen atoms in total. The Morgan fingerprint density at radius 3 is 2.33 bits per heavy atom. The van der Waals surface area contributed by atoms with Crippen molar-refractivity contribution in [2.75, 3.05) is 86.9 Å². The zero-order valence-electron chi connectivity index (χ0n) is 33.5. The van der Waals surface area contributed by atoms with Gasteiger partial charge in [-0.05, 0) is 112 Å². The highest BCUT2D eigenvalue weighted by atomic mass is 16.5. The highest BCUT2D eigenvalue weighted by molar-refractivity contribution is 5.99. The molecule has 2 aromatic heterocycles. The maximum Gasteiger partial charge on any atom is 0.323 e. The number of carbonyl (C=O) groups is 1. The number of anilines is 4. The molecule has 57 heavy (non-hydrogen) atoms. The lowest BCUT2D eigenvalue weighted by atomic mass is 9.95. The molecule has 0 atom stereocenters. The number of pyridine rings is 1. The number of aromatic nitrogens is 3. The van der Waals surface area contributed by atoms with Crippen molar-refractivity contribution < 1.29 is 14.3 Å². The summed E-state index contributed by atoms with van der Waals surface area (Å²) in [7, 11) is 1.66. The molecule has 0 bridgehead atoms. The number of amides is 2. The third-order valence-corrected chi connectivity index (χ3v) is 11.0. The van der Waals surface area contributed by atoms with E-state index in [1.54, 1.807) is 13.4 Å². The molecule has 2 saturated heterocycles. The first-order chi connectivity index (χ1) is 28.0. The predicted octanol–water partition coefficient (Wildman–Crippen LogP) is 8.07. The number of rotatable bonds is 17. The Bertz CT molecular complexity index is 2030. The predicted molar refractivity (Wildman–Crippen MR) is 230 cm³/mol. The Hall–Kier alpha value is -5.46. The molecular formula is C45H57N9O3. The van der Waals surface area contributed by atoms with Crippen molar-refractivity contribution in [3.8, 4) is 11.5 Å². The number of piperidine rings is 1. The molecule has 2 amide bonds. The van der Waals surface area contributed by atoms with Gasteiger partial charge in [0.05, 0.1) is 19.2 Å². The number of piperazine rings is 1. The summed E-state index contributed by atoms with van der Waals surface area (Å²) in [6.07, 6.45) is 10.6. The monoisotopic (exact) mass is 771 g/mol. The molecule has 0 saturated carbocycles. The number of nitrogens with zero attached hydrogens (tertiary/aromatic N) is 6. The largest absolute Gasteiger partial charge is 0.493 e. The van der Waals surface area contributed by atoms with Gasteiger partial charge in [0.2, 0.25) is 0 Å². The summed E-state index contributed by atoms with van der Waals surface area (Å²) in [6.45, 7) is 12.4. The van der Waals surface area contributed by atoms with E-state index in [1.807, 2.05) is 79.9 Å². The number of nitrogens with one attached hydrogen (secondary N) is 3. The Morgan fingerprint density at radius 1 is 0.772 bits per heavy atom. The van der Waals surface area contributed by atoms with E-state index in [0.717, 1.165) is 78.5 Å². The van der Waals surface area contributed by atoms with E-state index in [0.29, 0.717) is 36.2 Å². The number of aryl methyl sites for hydroxylation is 1. The highest BCUT2D eigenvalue weighted by Crippen LogP contribution is 2.34. The number of methoxy groups -OCH3 is 1. The van der Waals surface area contributed by atoms with Crippen molar-refractivity contribution in [2.45, 2.75) is 52.0 Å². The Morgan fingerprint density at radius 2 is 1.56 bits per heavy atom. The van der Waals surface area contributed by atoms with Crippen LogP contribution in [0.4, 0.5) is 27.8 Å². The van der Waals surface area contributed by atoms with Crippen molar-refractivity contribution in [1.29, 1.82) is 0 Å². The van der Waals surface area contributed by atoms with Gasteiger partial charge in [0.25, 0.3) is 0 Å². The molecule has 2 aliphatic rings. The number of carbonyl (C=O) groups excluding carboxylic acids is 1. The molecule has 0 aliphatic carbocycles. The van der Waals surface area contributed by atoms with Gasteiger partial charge in [-0.3, -0.25) is 4.90 Å². The van der Waals surface area contributed by atoms with Gasteiger partial charge in [-0.25, -0.2) is 19.7 Å². The molecule has 3 N–H and O–H groups in total. The lowest BCUT2D eigenvalue weighted by Gasteiger charge is -2.39. The summed E-state index contributed by atoms with van der Waals surface area (Å²) in [5, 5.41) is 10.1. The third-order valence-electron chi connectivity index (χ3n) is 11.0. The fourth-order valence-electron chi connectivity index (χ4n) is 7.87. The van der Waals surface area contributed by atoms with Crippen molar-refractivity contribution in [2.24, 2.45) is 5.92 Å². The average molecular weight is 772 g/mol. The van der Waals surface area contributed by atoms with Crippen LogP contribution in [0.25, 0.3) is 10.9 Å². The van der Waals surface area contributed by atoms with Gasteiger partial charge in [0, 0.05) is 68.3 Å². The smallest absolute Gasteiger partial charge is 0.323 e. The van der Waals surface area contributed by atoms with Gasteiger partial charge in [-0.15, -0.1) is 0 Å².